The molecule has 1 saturated heterocycles. The molecule has 1 aliphatic rings. The third kappa shape index (κ3) is 3.30. The maximum absolute atomic E-state index is 11.7. The van der Waals surface area contributed by atoms with Gasteiger partial charge in [0, 0.05) is 17.5 Å². The van der Waals surface area contributed by atoms with Gasteiger partial charge in [-0.05, 0) is 18.6 Å². The van der Waals surface area contributed by atoms with Gasteiger partial charge in [0.25, 0.3) is 0 Å². The fourth-order valence-corrected chi connectivity index (χ4v) is 1.94. The molecule has 1 unspecified atom stereocenters. The highest BCUT2D eigenvalue weighted by Crippen LogP contribution is 2.22. The average Bonchev–Trinajstić information content (AvgIpc) is 2.32. The third-order valence-electron chi connectivity index (χ3n) is 3.08. The molecule has 0 saturated carbocycles. The van der Waals surface area contributed by atoms with Crippen LogP contribution in [0.3, 0.4) is 0 Å². The Morgan fingerprint density at radius 1 is 1.32 bits per heavy atom. The first-order valence-electron chi connectivity index (χ1n) is 6.44. The zero-order chi connectivity index (χ0) is 14.0. The molecule has 1 atom stereocenters. The van der Waals surface area contributed by atoms with Gasteiger partial charge in [0.05, 0.1) is 0 Å². The Kier molecular flexibility index (Phi) is 3.55. The van der Waals surface area contributed by atoms with E-state index in [9.17, 15) is 9.59 Å². The van der Waals surface area contributed by atoms with Crippen LogP contribution in [0.25, 0.3) is 0 Å². The molecule has 102 valence electrons. The lowest BCUT2D eigenvalue weighted by Crippen LogP contribution is -2.47. The Bertz CT molecular complexity index is 506. The molecular formula is C14H19N3O2. The second-order valence-corrected chi connectivity index (χ2v) is 5.81. The molecule has 1 fully saturated rings. The number of pyridine rings is 1. The van der Waals surface area contributed by atoms with Gasteiger partial charge in [0.1, 0.15) is 11.9 Å². The van der Waals surface area contributed by atoms with E-state index in [1.165, 1.54) is 0 Å². The molecule has 2 rings (SSSR count). The van der Waals surface area contributed by atoms with Crippen LogP contribution in [0.5, 0.6) is 0 Å². The Hall–Kier alpha value is -1.91. The second-order valence-electron chi connectivity index (χ2n) is 5.81. The monoisotopic (exact) mass is 261 g/mol. The van der Waals surface area contributed by atoms with Crippen molar-refractivity contribution in [2.45, 2.75) is 45.1 Å². The molecule has 1 aromatic heterocycles. The number of hydrogen-bond donors (Lipinski definition) is 2. The fraction of sp³-hybridized carbons (Fsp3) is 0.500. The first-order chi connectivity index (χ1) is 8.86. The van der Waals surface area contributed by atoms with Gasteiger partial charge in [-0.25, -0.2) is 4.98 Å². The maximum atomic E-state index is 11.7. The molecule has 19 heavy (non-hydrogen) atoms. The van der Waals surface area contributed by atoms with E-state index in [4.69, 9.17) is 0 Å². The standard InChI is InChI=1S/C14H19N3O2/c1-14(2,3)10-5-4-6-11(16-10)15-9-7-8-12(18)17-13(9)19/h4-6,9H,7-8H2,1-3H3,(H,15,16)(H,17,18,19). The number of anilines is 1. The highest BCUT2D eigenvalue weighted by molar-refractivity contribution is 6.01. The number of aromatic nitrogens is 1. The van der Waals surface area contributed by atoms with E-state index in [0.717, 1.165) is 5.69 Å². The van der Waals surface area contributed by atoms with Gasteiger partial charge in [-0.3, -0.25) is 14.9 Å². The number of hydrogen-bond acceptors (Lipinski definition) is 4. The number of carbonyl (C=O) groups excluding carboxylic acids is 2. The van der Waals surface area contributed by atoms with Crippen LogP contribution < -0.4 is 10.6 Å². The van der Waals surface area contributed by atoms with E-state index in [1.807, 2.05) is 18.2 Å². The van der Waals surface area contributed by atoms with Gasteiger partial charge in [0.15, 0.2) is 0 Å². The quantitative estimate of drug-likeness (QED) is 0.793. The van der Waals surface area contributed by atoms with Gasteiger partial charge in [0.2, 0.25) is 11.8 Å². The predicted molar refractivity (Wildman–Crippen MR) is 72.7 cm³/mol. The molecule has 2 amide bonds. The number of amides is 2. The Balaban J connectivity index is 2.11. The number of carbonyl (C=O) groups is 2. The van der Waals surface area contributed by atoms with E-state index in [-0.39, 0.29) is 23.3 Å². The Labute approximate surface area is 112 Å². The molecule has 5 heteroatoms. The van der Waals surface area contributed by atoms with E-state index < -0.39 is 0 Å². The minimum Gasteiger partial charge on any atom is -0.358 e. The molecule has 5 nitrogen and oxygen atoms in total. The summed E-state index contributed by atoms with van der Waals surface area (Å²) < 4.78 is 0. The third-order valence-corrected chi connectivity index (χ3v) is 3.08. The topological polar surface area (TPSA) is 71.1 Å². The smallest absolute Gasteiger partial charge is 0.249 e. The molecule has 0 bridgehead atoms. The first-order valence-corrected chi connectivity index (χ1v) is 6.44. The highest BCUT2D eigenvalue weighted by Gasteiger charge is 2.26. The van der Waals surface area contributed by atoms with Crippen molar-refractivity contribution in [3.05, 3.63) is 23.9 Å². The van der Waals surface area contributed by atoms with Crippen molar-refractivity contribution in [3.63, 3.8) is 0 Å². The second kappa shape index (κ2) is 4.99. The minimum absolute atomic E-state index is 0.0392. The van der Waals surface area contributed by atoms with Gasteiger partial charge >= 0.3 is 0 Å². The van der Waals surface area contributed by atoms with Crippen molar-refractivity contribution in [2.75, 3.05) is 5.32 Å². The number of rotatable bonds is 2. The molecule has 1 aliphatic heterocycles. The van der Waals surface area contributed by atoms with Crippen LogP contribution in [0.15, 0.2) is 18.2 Å². The summed E-state index contributed by atoms with van der Waals surface area (Å²) in [5, 5.41) is 5.41. The summed E-state index contributed by atoms with van der Waals surface area (Å²) in [5.41, 5.74) is 0.924. The van der Waals surface area contributed by atoms with Gasteiger partial charge in [-0.2, -0.15) is 0 Å². The lowest BCUT2D eigenvalue weighted by atomic mass is 9.92. The number of nitrogens with zero attached hydrogens (tertiary/aromatic N) is 1. The summed E-state index contributed by atoms with van der Waals surface area (Å²) in [5.74, 6) is 0.181. The SMILES string of the molecule is CC(C)(C)c1cccc(NC2CCC(=O)NC2=O)n1. The minimum atomic E-state index is -0.389. The summed E-state index contributed by atoms with van der Waals surface area (Å²) >= 11 is 0. The van der Waals surface area contributed by atoms with Crippen molar-refractivity contribution in [3.8, 4) is 0 Å². The molecule has 2 N–H and O–H groups in total. The largest absolute Gasteiger partial charge is 0.358 e. The number of imide groups is 1. The number of piperidine rings is 1. The van der Waals surface area contributed by atoms with Gasteiger partial charge in [-0.1, -0.05) is 26.8 Å². The molecule has 2 heterocycles. The van der Waals surface area contributed by atoms with Crippen molar-refractivity contribution >= 4 is 17.6 Å². The Morgan fingerprint density at radius 2 is 2.05 bits per heavy atom. The van der Waals surface area contributed by atoms with Crippen molar-refractivity contribution in [1.82, 2.24) is 10.3 Å². The predicted octanol–water partition coefficient (Wildman–Crippen LogP) is 1.60. The highest BCUT2D eigenvalue weighted by atomic mass is 16.2. The van der Waals surface area contributed by atoms with Gasteiger partial charge in [-0.15, -0.1) is 0 Å². The number of nitrogens with one attached hydrogen (secondary N) is 2. The summed E-state index contributed by atoms with van der Waals surface area (Å²) in [6.07, 6.45) is 0.870. The molecule has 0 aliphatic carbocycles. The van der Waals surface area contributed by atoms with E-state index >= 15 is 0 Å². The molecular weight excluding hydrogens is 242 g/mol. The summed E-state index contributed by atoms with van der Waals surface area (Å²) in [6, 6.07) is 5.33. The van der Waals surface area contributed by atoms with Crippen LogP contribution in [0.4, 0.5) is 5.82 Å². The fourth-order valence-electron chi connectivity index (χ4n) is 1.94. The van der Waals surface area contributed by atoms with Crippen LogP contribution >= 0.6 is 0 Å². The zero-order valence-electron chi connectivity index (χ0n) is 11.5. The van der Waals surface area contributed by atoms with Crippen molar-refractivity contribution in [1.29, 1.82) is 0 Å². The van der Waals surface area contributed by atoms with Gasteiger partial charge < -0.3 is 5.32 Å². The summed E-state index contributed by atoms with van der Waals surface area (Å²) in [6.45, 7) is 6.27. The van der Waals surface area contributed by atoms with Crippen LogP contribution in [0, 0.1) is 0 Å². The first kappa shape index (κ1) is 13.5. The van der Waals surface area contributed by atoms with Crippen LogP contribution in [0.2, 0.25) is 0 Å². The average molecular weight is 261 g/mol. The lowest BCUT2D eigenvalue weighted by Gasteiger charge is -2.23. The molecule has 0 aromatic carbocycles. The van der Waals surface area contributed by atoms with Crippen LogP contribution in [0.1, 0.15) is 39.3 Å². The summed E-state index contributed by atoms with van der Waals surface area (Å²) in [7, 11) is 0. The molecule has 0 spiro atoms. The normalized spacial score (nSPS) is 20.1. The summed E-state index contributed by atoms with van der Waals surface area (Å²) in [4.78, 5) is 27.3. The maximum Gasteiger partial charge on any atom is 0.249 e. The Morgan fingerprint density at radius 3 is 2.68 bits per heavy atom. The molecule has 0 radical (unpaired) electrons. The van der Waals surface area contributed by atoms with Crippen LogP contribution in [-0.2, 0) is 15.0 Å². The van der Waals surface area contributed by atoms with Crippen LogP contribution in [-0.4, -0.2) is 22.8 Å². The van der Waals surface area contributed by atoms with E-state index in [1.54, 1.807) is 0 Å². The van der Waals surface area contributed by atoms with E-state index in [0.29, 0.717) is 18.7 Å². The lowest BCUT2D eigenvalue weighted by molar-refractivity contribution is -0.133. The van der Waals surface area contributed by atoms with Crippen molar-refractivity contribution in [2.24, 2.45) is 0 Å². The zero-order valence-corrected chi connectivity index (χ0v) is 11.5. The molecule has 1 aromatic rings. The van der Waals surface area contributed by atoms with Crippen molar-refractivity contribution < 1.29 is 9.59 Å². The van der Waals surface area contributed by atoms with E-state index in [2.05, 4.69) is 36.4 Å².